The van der Waals surface area contributed by atoms with E-state index in [4.69, 9.17) is 9.52 Å². The predicted octanol–water partition coefficient (Wildman–Crippen LogP) is 2.30. The molecule has 3 aromatic heterocycles. The van der Waals surface area contributed by atoms with E-state index in [0.29, 0.717) is 12.3 Å². The molecule has 3 aromatic rings. The summed E-state index contributed by atoms with van der Waals surface area (Å²) in [6.07, 6.45) is 2.92. The highest BCUT2D eigenvalue weighted by Gasteiger charge is 2.21. The van der Waals surface area contributed by atoms with Gasteiger partial charge in [0.25, 0.3) is 0 Å². The molecule has 0 unspecified atom stereocenters. The first kappa shape index (κ1) is 15.1. The Labute approximate surface area is 142 Å². The van der Waals surface area contributed by atoms with Crippen LogP contribution in [-0.4, -0.2) is 52.1 Å². The first-order valence-electron chi connectivity index (χ1n) is 7.67. The number of hydrogen-bond donors (Lipinski definition) is 1. The standard InChI is InChI=1S/C16H16N4O3S/c21-16(22)11-7-12(23-9-11)8-19-2-4-20(5-3-19)14-13-1-6-24-15(13)18-10-17-14/h1,6-7,9-10H,2-5,8H2,(H,21,22). The van der Waals surface area contributed by atoms with Crippen LogP contribution in [-0.2, 0) is 6.54 Å². The van der Waals surface area contributed by atoms with E-state index in [2.05, 4.69) is 25.8 Å². The first-order chi connectivity index (χ1) is 11.7. The van der Waals surface area contributed by atoms with Crippen molar-refractivity contribution in [1.82, 2.24) is 14.9 Å². The molecule has 0 bridgehead atoms. The lowest BCUT2D eigenvalue weighted by molar-refractivity contribution is 0.0696. The summed E-state index contributed by atoms with van der Waals surface area (Å²) in [6, 6.07) is 3.66. The second-order valence-electron chi connectivity index (χ2n) is 5.71. The zero-order valence-electron chi connectivity index (χ0n) is 12.9. The molecule has 1 fully saturated rings. The summed E-state index contributed by atoms with van der Waals surface area (Å²) in [5.41, 5.74) is 0.199. The van der Waals surface area contributed by atoms with Crippen molar-refractivity contribution < 1.29 is 14.3 Å². The summed E-state index contributed by atoms with van der Waals surface area (Å²) in [5, 5.41) is 12.1. The second kappa shape index (κ2) is 6.21. The van der Waals surface area contributed by atoms with Crippen LogP contribution in [0.2, 0.25) is 0 Å². The van der Waals surface area contributed by atoms with Crippen molar-refractivity contribution in [1.29, 1.82) is 0 Å². The molecule has 0 radical (unpaired) electrons. The summed E-state index contributed by atoms with van der Waals surface area (Å²) in [6.45, 7) is 4.11. The molecule has 0 aromatic carbocycles. The molecule has 1 N–H and O–H groups in total. The van der Waals surface area contributed by atoms with Crippen LogP contribution in [0.5, 0.6) is 0 Å². The van der Waals surface area contributed by atoms with Gasteiger partial charge in [0, 0.05) is 26.2 Å². The van der Waals surface area contributed by atoms with Crippen LogP contribution in [0.3, 0.4) is 0 Å². The SMILES string of the molecule is O=C(O)c1coc(CN2CCN(c3ncnc4sccc34)CC2)c1. The Kier molecular flexibility index (Phi) is 3.91. The van der Waals surface area contributed by atoms with Crippen molar-refractivity contribution in [2.24, 2.45) is 0 Å². The van der Waals surface area contributed by atoms with E-state index in [0.717, 1.165) is 42.2 Å². The number of hydrogen-bond acceptors (Lipinski definition) is 7. The molecular weight excluding hydrogens is 328 g/mol. The van der Waals surface area contributed by atoms with Gasteiger partial charge >= 0.3 is 5.97 Å². The number of nitrogens with zero attached hydrogens (tertiary/aromatic N) is 4. The van der Waals surface area contributed by atoms with Crippen LogP contribution in [0.15, 0.2) is 34.5 Å². The number of piperazine rings is 1. The van der Waals surface area contributed by atoms with E-state index in [1.807, 2.05) is 5.38 Å². The Bertz CT molecular complexity index is 867. The molecule has 0 atom stereocenters. The number of furan rings is 1. The van der Waals surface area contributed by atoms with Crippen molar-refractivity contribution in [3.8, 4) is 0 Å². The molecule has 8 heteroatoms. The molecule has 4 heterocycles. The number of anilines is 1. The molecule has 24 heavy (non-hydrogen) atoms. The number of carboxylic acid groups (broad SMARTS) is 1. The molecule has 1 saturated heterocycles. The Morgan fingerprint density at radius 3 is 2.88 bits per heavy atom. The molecule has 0 saturated carbocycles. The molecule has 7 nitrogen and oxygen atoms in total. The van der Waals surface area contributed by atoms with Crippen LogP contribution >= 0.6 is 11.3 Å². The Balaban J connectivity index is 1.41. The van der Waals surface area contributed by atoms with Gasteiger partial charge < -0.3 is 14.4 Å². The van der Waals surface area contributed by atoms with Gasteiger partial charge in [-0.2, -0.15) is 0 Å². The minimum atomic E-state index is -0.960. The highest BCUT2D eigenvalue weighted by Crippen LogP contribution is 2.27. The molecule has 0 spiro atoms. The van der Waals surface area contributed by atoms with E-state index in [-0.39, 0.29) is 5.56 Å². The Morgan fingerprint density at radius 1 is 1.29 bits per heavy atom. The average Bonchev–Trinajstić information content (AvgIpc) is 3.24. The Hall–Kier alpha value is -2.45. The summed E-state index contributed by atoms with van der Waals surface area (Å²) >= 11 is 1.62. The van der Waals surface area contributed by atoms with Crippen molar-refractivity contribution in [3.05, 3.63) is 41.4 Å². The number of aromatic nitrogens is 2. The van der Waals surface area contributed by atoms with Crippen LogP contribution in [0.1, 0.15) is 16.1 Å². The van der Waals surface area contributed by atoms with Crippen molar-refractivity contribution in [2.45, 2.75) is 6.54 Å². The summed E-state index contributed by atoms with van der Waals surface area (Å²) < 4.78 is 5.33. The van der Waals surface area contributed by atoms with Crippen LogP contribution < -0.4 is 4.90 Å². The summed E-state index contributed by atoms with van der Waals surface area (Å²) in [7, 11) is 0. The number of fused-ring (bicyclic) bond motifs is 1. The largest absolute Gasteiger partial charge is 0.478 e. The molecule has 124 valence electrons. The number of thiophene rings is 1. The van der Waals surface area contributed by atoms with Gasteiger partial charge in [-0.05, 0) is 17.5 Å². The summed E-state index contributed by atoms with van der Waals surface area (Å²) in [5.74, 6) is 0.716. The van der Waals surface area contributed by atoms with Gasteiger partial charge in [-0.25, -0.2) is 14.8 Å². The normalized spacial score (nSPS) is 15.9. The number of carboxylic acids is 1. The van der Waals surface area contributed by atoms with Crippen molar-refractivity contribution >= 4 is 33.3 Å². The predicted molar refractivity (Wildman–Crippen MR) is 90.6 cm³/mol. The van der Waals surface area contributed by atoms with Crippen molar-refractivity contribution in [2.75, 3.05) is 31.1 Å². The van der Waals surface area contributed by atoms with Gasteiger partial charge in [-0.3, -0.25) is 4.90 Å². The topological polar surface area (TPSA) is 82.7 Å². The molecule has 0 amide bonds. The minimum Gasteiger partial charge on any atom is -0.478 e. The quantitative estimate of drug-likeness (QED) is 0.777. The maximum atomic E-state index is 10.9. The third-order valence-electron chi connectivity index (χ3n) is 4.19. The van der Waals surface area contributed by atoms with Gasteiger partial charge in [0.05, 0.1) is 17.5 Å². The van der Waals surface area contributed by atoms with Crippen LogP contribution in [0.25, 0.3) is 10.2 Å². The lowest BCUT2D eigenvalue weighted by atomic mass is 10.2. The molecule has 0 aliphatic carbocycles. The van der Waals surface area contributed by atoms with Gasteiger partial charge in [0.2, 0.25) is 0 Å². The van der Waals surface area contributed by atoms with E-state index >= 15 is 0 Å². The maximum Gasteiger partial charge on any atom is 0.338 e. The van der Waals surface area contributed by atoms with Crippen LogP contribution in [0, 0.1) is 0 Å². The smallest absolute Gasteiger partial charge is 0.338 e. The van der Waals surface area contributed by atoms with E-state index in [9.17, 15) is 4.79 Å². The highest BCUT2D eigenvalue weighted by atomic mass is 32.1. The fourth-order valence-corrected chi connectivity index (χ4v) is 3.67. The molecule has 4 rings (SSSR count). The zero-order valence-corrected chi connectivity index (χ0v) is 13.7. The van der Waals surface area contributed by atoms with Gasteiger partial charge in [-0.1, -0.05) is 0 Å². The number of aromatic carboxylic acids is 1. The third-order valence-corrected chi connectivity index (χ3v) is 5.01. The van der Waals surface area contributed by atoms with Gasteiger partial charge in [-0.15, -0.1) is 11.3 Å². The zero-order chi connectivity index (χ0) is 16.5. The monoisotopic (exact) mass is 344 g/mol. The van der Waals surface area contributed by atoms with E-state index in [1.165, 1.54) is 6.26 Å². The lowest BCUT2D eigenvalue weighted by Crippen LogP contribution is -2.46. The molecular formula is C16H16N4O3S. The average molecular weight is 344 g/mol. The summed E-state index contributed by atoms with van der Waals surface area (Å²) in [4.78, 5) is 25.2. The second-order valence-corrected chi connectivity index (χ2v) is 6.60. The number of carbonyl (C=O) groups is 1. The van der Waals surface area contributed by atoms with Gasteiger partial charge in [0.15, 0.2) is 0 Å². The fourth-order valence-electron chi connectivity index (χ4n) is 2.94. The molecule has 1 aliphatic heterocycles. The van der Waals surface area contributed by atoms with Gasteiger partial charge in [0.1, 0.15) is 29.0 Å². The van der Waals surface area contributed by atoms with E-state index in [1.54, 1.807) is 23.7 Å². The molecule has 1 aliphatic rings. The van der Waals surface area contributed by atoms with Crippen molar-refractivity contribution in [3.63, 3.8) is 0 Å². The van der Waals surface area contributed by atoms with E-state index < -0.39 is 5.97 Å². The number of rotatable bonds is 4. The first-order valence-corrected chi connectivity index (χ1v) is 8.55. The van der Waals surface area contributed by atoms with Crippen LogP contribution in [0.4, 0.5) is 5.82 Å². The Morgan fingerprint density at radius 2 is 2.12 bits per heavy atom. The highest BCUT2D eigenvalue weighted by molar-refractivity contribution is 7.16. The lowest BCUT2D eigenvalue weighted by Gasteiger charge is -2.35. The fraction of sp³-hybridized carbons (Fsp3) is 0.312. The third kappa shape index (κ3) is 2.85. The minimum absolute atomic E-state index is 0.199. The maximum absolute atomic E-state index is 10.9.